The highest BCUT2D eigenvalue weighted by Gasteiger charge is 2.15. The summed E-state index contributed by atoms with van der Waals surface area (Å²) in [6, 6.07) is 13.6. The van der Waals surface area contributed by atoms with Gasteiger partial charge in [0.1, 0.15) is 0 Å². The van der Waals surface area contributed by atoms with Gasteiger partial charge in [-0.15, -0.1) is 0 Å². The van der Waals surface area contributed by atoms with Crippen LogP contribution in [0.3, 0.4) is 0 Å². The Hall–Kier alpha value is -2.22. The van der Waals surface area contributed by atoms with Crippen molar-refractivity contribution in [2.45, 2.75) is 45.4 Å². The molecule has 0 aromatic heterocycles. The number of hydrogen-bond acceptors (Lipinski definition) is 2. The SMILES string of the molecule is Cc1ccccc1C(=O)CCC(=O)c1ccc2c(c1)CCCC2. The summed E-state index contributed by atoms with van der Waals surface area (Å²) in [5, 5.41) is 0. The van der Waals surface area contributed by atoms with E-state index in [1.165, 1.54) is 24.0 Å². The van der Waals surface area contributed by atoms with Gasteiger partial charge in [0.25, 0.3) is 0 Å². The van der Waals surface area contributed by atoms with Gasteiger partial charge in [-0.3, -0.25) is 9.59 Å². The number of aryl methyl sites for hydroxylation is 3. The Labute approximate surface area is 137 Å². The summed E-state index contributed by atoms with van der Waals surface area (Å²) in [7, 11) is 0. The molecule has 0 atom stereocenters. The van der Waals surface area contributed by atoms with Gasteiger partial charge in [-0.1, -0.05) is 36.4 Å². The molecule has 0 saturated heterocycles. The molecule has 2 aromatic rings. The van der Waals surface area contributed by atoms with Crippen LogP contribution < -0.4 is 0 Å². The smallest absolute Gasteiger partial charge is 0.163 e. The molecule has 0 unspecified atom stereocenters. The normalized spacial score (nSPS) is 13.4. The van der Waals surface area contributed by atoms with E-state index in [1.54, 1.807) is 0 Å². The van der Waals surface area contributed by atoms with Crippen molar-refractivity contribution in [2.24, 2.45) is 0 Å². The standard InChI is InChI=1S/C21H22O2/c1-15-6-2-5-9-19(15)21(23)13-12-20(22)18-11-10-16-7-3-4-8-17(16)14-18/h2,5-6,9-11,14H,3-4,7-8,12-13H2,1H3. The summed E-state index contributed by atoms with van der Waals surface area (Å²) in [5.74, 6) is 0.120. The van der Waals surface area contributed by atoms with Crippen molar-refractivity contribution >= 4 is 11.6 Å². The molecule has 2 heteroatoms. The van der Waals surface area contributed by atoms with E-state index in [2.05, 4.69) is 6.07 Å². The Morgan fingerprint density at radius 3 is 2.35 bits per heavy atom. The monoisotopic (exact) mass is 306 g/mol. The highest BCUT2D eigenvalue weighted by atomic mass is 16.1. The average molecular weight is 306 g/mol. The minimum absolute atomic E-state index is 0.0504. The molecule has 0 bridgehead atoms. The van der Waals surface area contributed by atoms with Gasteiger partial charge < -0.3 is 0 Å². The van der Waals surface area contributed by atoms with Crippen LogP contribution in [0.1, 0.15) is 63.1 Å². The summed E-state index contributed by atoms with van der Waals surface area (Å²) in [5.41, 5.74) is 5.14. The molecule has 0 radical (unpaired) electrons. The minimum Gasteiger partial charge on any atom is -0.294 e. The summed E-state index contributed by atoms with van der Waals surface area (Å²) in [6.07, 6.45) is 5.20. The largest absolute Gasteiger partial charge is 0.294 e. The minimum atomic E-state index is 0.0504. The molecule has 3 rings (SSSR count). The van der Waals surface area contributed by atoms with Gasteiger partial charge in [-0.2, -0.15) is 0 Å². The van der Waals surface area contributed by atoms with Crippen LogP contribution >= 0.6 is 0 Å². The first-order valence-electron chi connectivity index (χ1n) is 8.39. The number of carbonyl (C=O) groups excluding carboxylic acids is 2. The van der Waals surface area contributed by atoms with Crippen molar-refractivity contribution in [3.63, 3.8) is 0 Å². The van der Waals surface area contributed by atoms with E-state index in [0.29, 0.717) is 0 Å². The zero-order chi connectivity index (χ0) is 16.2. The molecule has 0 amide bonds. The zero-order valence-corrected chi connectivity index (χ0v) is 13.6. The lowest BCUT2D eigenvalue weighted by Gasteiger charge is -2.16. The summed E-state index contributed by atoms with van der Waals surface area (Å²) in [4.78, 5) is 24.7. The van der Waals surface area contributed by atoms with Crippen molar-refractivity contribution in [3.05, 3.63) is 70.3 Å². The lowest BCUT2D eigenvalue weighted by Crippen LogP contribution is -2.09. The lowest BCUT2D eigenvalue weighted by molar-refractivity contribution is 0.0917. The van der Waals surface area contributed by atoms with Gasteiger partial charge in [-0.05, 0) is 55.4 Å². The first-order valence-corrected chi connectivity index (χ1v) is 8.39. The maximum absolute atomic E-state index is 12.4. The predicted molar refractivity (Wildman–Crippen MR) is 92.2 cm³/mol. The third kappa shape index (κ3) is 3.58. The van der Waals surface area contributed by atoms with Crippen LogP contribution in [0.2, 0.25) is 0 Å². The average Bonchev–Trinajstić information content (AvgIpc) is 2.59. The molecule has 2 nitrogen and oxygen atoms in total. The van der Waals surface area contributed by atoms with Crippen LogP contribution in [0, 0.1) is 6.92 Å². The Kier molecular flexibility index (Phi) is 4.71. The second-order valence-electron chi connectivity index (χ2n) is 6.35. The van der Waals surface area contributed by atoms with Gasteiger partial charge in [0.15, 0.2) is 11.6 Å². The number of hydrogen-bond donors (Lipinski definition) is 0. The second kappa shape index (κ2) is 6.91. The summed E-state index contributed by atoms with van der Waals surface area (Å²) < 4.78 is 0. The van der Waals surface area contributed by atoms with Crippen LogP contribution in [0.25, 0.3) is 0 Å². The summed E-state index contributed by atoms with van der Waals surface area (Å²) >= 11 is 0. The molecule has 0 saturated carbocycles. The molecule has 0 heterocycles. The molecule has 1 aliphatic carbocycles. The van der Waals surface area contributed by atoms with Crippen LogP contribution in [0.4, 0.5) is 0 Å². The van der Waals surface area contributed by atoms with Crippen LogP contribution in [-0.2, 0) is 12.8 Å². The number of carbonyl (C=O) groups is 2. The van der Waals surface area contributed by atoms with Gasteiger partial charge in [-0.25, -0.2) is 0 Å². The molecule has 0 N–H and O–H groups in total. The number of rotatable bonds is 5. The molecule has 0 fully saturated rings. The van der Waals surface area contributed by atoms with Crippen LogP contribution in [-0.4, -0.2) is 11.6 Å². The Morgan fingerprint density at radius 1 is 0.870 bits per heavy atom. The lowest BCUT2D eigenvalue weighted by atomic mass is 9.89. The second-order valence-corrected chi connectivity index (χ2v) is 6.35. The first-order chi connectivity index (χ1) is 11.1. The molecule has 118 valence electrons. The van der Waals surface area contributed by atoms with Crippen LogP contribution in [0.15, 0.2) is 42.5 Å². The molecular weight excluding hydrogens is 284 g/mol. The third-order valence-corrected chi connectivity index (χ3v) is 4.70. The van der Waals surface area contributed by atoms with E-state index in [9.17, 15) is 9.59 Å². The van der Waals surface area contributed by atoms with Gasteiger partial charge in [0, 0.05) is 24.0 Å². The van der Waals surface area contributed by atoms with E-state index < -0.39 is 0 Å². The zero-order valence-electron chi connectivity index (χ0n) is 13.6. The maximum Gasteiger partial charge on any atom is 0.163 e. The molecule has 0 aliphatic heterocycles. The number of benzene rings is 2. The summed E-state index contributed by atoms with van der Waals surface area (Å²) in [6.45, 7) is 1.93. The fourth-order valence-corrected chi connectivity index (χ4v) is 3.30. The first kappa shape index (κ1) is 15.7. The van der Waals surface area contributed by atoms with E-state index in [4.69, 9.17) is 0 Å². The van der Waals surface area contributed by atoms with Gasteiger partial charge in [0.05, 0.1) is 0 Å². The van der Waals surface area contributed by atoms with E-state index in [1.807, 2.05) is 43.3 Å². The van der Waals surface area contributed by atoms with Crippen molar-refractivity contribution in [1.82, 2.24) is 0 Å². The highest BCUT2D eigenvalue weighted by Crippen LogP contribution is 2.23. The third-order valence-electron chi connectivity index (χ3n) is 4.70. The highest BCUT2D eigenvalue weighted by molar-refractivity contribution is 6.02. The molecule has 1 aliphatic rings. The molecule has 0 spiro atoms. The fourth-order valence-electron chi connectivity index (χ4n) is 3.30. The topological polar surface area (TPSA) is 34.1 Å². The Balaban J connectivity index is 1.66. The van der Waals surface area contributed by atoms with E-state index in [0.717, 1.165) is 29.5 Å². The van der Waals surface area contributed by atoms with E-state index in [-0.39, 0.29) is 24.4 Å². The number of ketones is 2. The van der Waals surface area contributed by atoms with Gasteiger partial charge >= 0.3 is 0 Å². The number of Topliss-reactive ketones (excluding diaryl/α,β-unsaturated/α-hetero) is 2. The quantitative estimate of drug-likeness (QED) is 0.749. The van der Waals surface area contributed by atoms with Crippen molar-refractivity contribution in [2.75, 3.05) is 0 Å². The molecule has 2 aromatic carbocycles. The molecule has 23 heavy (non-hydrogen) atoms. The fraction of sp³-hybridized carbons (Fsp3) is 0.333. The maximum atomic E-state index is 12.4. The Morgan fingerprint density at radius 2 is 1.57 bits per heavy atom. The Bertz CT molecular complexity index is 743. The van der Waals surface area contributed by atoms with Gasteiger partial charge in [0.2, 0.25) is 0 Å². The number of fused-ring (bicyclic) bond motifs is 1. The molecular formula is C21H22O2. The van der Waals surface area contributed by atoms with Crippen molar-refractivity contribution < 1.29 is 9.59 Å². The van der Waals surface area contributed by atoms with Crippen molar-refractivity contribution in [1.29, 1.82) is 0 Å². The van der Waals surface area contributed by atoms with Crippen molar-refractivity contribution in [3.8, 4) is 0 Å². The van der Waals surface area contributed by atoms with E-state index >= 15 is 0 Å². The van der Waals surface area contributed by atoms with Crippen LogP contribution in [0.5, 0.6) is 0 Å². The predicted octanol–water partition coefficient (Wildman–Crippen LogP) is 4.72.